The Morgan fingerprint density at radius 2 is 1.77 bits per heavy atom. The van der Waals surface area contributed by atoms with Crippen molar-refractivity contribution in [3.05, 3.63) is 29.8 Å². The molecule has 1 aliphatic heterocycles. The smallest absolute Gasteiger partial charge is 0.317 e. The molecule has 1 aromatic carbocycles. The van der Waals surface area contributed by atoms with E-state index in [-0.39, 0.29) is 12.0 Å². The summed E-state index contributed by atoms with van der Waals surface area (Å²) in [4.78, 5) is 28.2. The van der Waals surface area contributed by atoms with Gasteiger partial charge in [-0.3, -0.25) is 9.69 Å². The Morgan fingerprint density at radius 1 is 1.03 bits per heavy atom. The van der Waals surface area contributed by atoms with E-state index in [2.05, 4.69) is 10.2 Å². The van der Waals surface area contributed by atoms with Gasteiger partial charge in [0.2, 0.25) is 0 Å². The van der Waals surface area contributed by atoms with Gasteiger partial charge in [0.1, 0.15) is 0 Å². The molecule has 31 heavy (non-hydrogen) atoms. The molecule has 2 amide bonds. The summed E-state index contributed by atoms with van der Waals surface area (Å²) >= 11 is 0. The van der Waals surface area contributed by atoms with Crippen molar-refractivity contribution >= 4 is 21.8 Å². The number of urea groups is 1. The van der Waals surface area contributed by atoms with Crippen LogP contribution >= 0.6 is 0 Å². The lowest BCUT2D eigenvalue weighted by molar-refractivity contribution is -0.143. The highest BCUT2D eigenvalue weighted by Crippen LogP contribution is 2.13. The number of ether oxygens (including phenoxy) is 1. The van der Waals surface area contributed by atoms with Gasteiger partial charge in [-0.15, -0.1) is 0 Å². The van der Waals surface area contributed by atoms with Crippen LogP contribution in [0.1, 0.15) is 44.6 Å². The van der Waals surface area contributed by atoms with Crippen molar-refractivity contribution in [1.82, 2.24) is 15.1 Å². The second-order valence-corrected chi connectivity index (χ2v) is 9.90. The second-order valence-electron chi connectivity index (χ2n) is 7.88. The molecule has 1 heterocycles. The summed E-state index contributed by atoms with van der Waals surface area (Å²) in [6.45, 7) is 6.61. The summed E-state index contributed by atoms with van der Waals surface area (Å²) in [7, 11) is -3.18. The first-order chi connectivity index (χ1) is 14.8. The van der Waals surface area contributed by atoms with E-state index in [0.29, 0.717) is 31.0 Å². The molecule has 1 saturated heterocycles. The van der Waals surface area contributed by atoms with Crippen LogP contribution in [0, 0.1) is 0 Å². The lowest BCUT2D eigenvalue weighted by Crippen LogP contribution is -2.42. The molecule has 8 nitrogen and oxygen atoms in total. The van der Waals surface area contributed by atoms with Gasteiger partial charge in [0, 0.05) is 51.9 Å². The van der Waals surface area contributed by atoms with Crippen molar-refractivity contribution in [1.29, 1.82) is 0 Å². The van der Waals surface area contributed by atoms with Crippen molar-refractivity contribution in [3.8, 4) is 0 Å². The number of nitrogens with zero attached hydrogens (tertiary/aromatic N) is 2. The molecule has 0 atom stereocenters. The van der Waals surface area contributed by atoms with Crippen LogP contribution in [0.3, 0.4) is 0 Å². The first-order valence-corrected chi connectivity index (χ1v) is 12.9. The first kappa shape index (κ1) is 25.1. The molecule has 0 radical (unpaired) electrons. The molecule has 0 aromatic heterocycles. The fourth-order valence-corrected chi connectivity index (χ4v) is 4.17. The molecule has 0 bridgehead atoms. The fraction of sp³-hybridized carbons (Fsp3) is 0.636. The van der Waals surface area contributed by atoms with Crippen molar-refractivity contribution < 1.29 is 22.7 Å². The van der Waals surface area contributed by atoms with E-state index >= 15 is 0 Å². The molecule has 0 spiro atoms. The number of esters is 1. The summed E-state index contributed by atoms with van der Waals surface area (Å²) in [5, 5.41) is 2.97. The first-order valence-electron chi connectivity index (χ1n) is 11.0. The number of hydrogen-bond acceptors (Lipinski definition) is 6. The lowest BCUT2D eigenvalue weighted by atomic mass is 10.2. The van der Waals surface area contributed by atoms with Crippen LogP contribution in [0.2, 0.25) is 0 Å². The van der Waals surface area contributed by atoms with Crippen LogP contribution in [0.5, 0.6) is 0 Å². The van der Waals surface area contributed by atoms with E-state index in [0.717, 1.165) is 57.4 Å². The van der Waals surface area contributed by atoms with Gasteiger partial charge in [-0.2, -0.15) is 0 Å². The van der Waals surface area contributed by atoms with Crippen LogP contribution in [-0.2, 0) is 25.9 Å². The molecule has 0 aliphatic carbocycles. The van der Waals surface area contributed by atoms with Crippen LogP contribution < -0.4 is 5.32 Å². The number of nitrogens with one attached hydrogen (secondary N) is 1. The Kier molecular flexibility index (Phi) is 10.3. The average molecular weight is 454 g/mol. The molecule has 1 N–H and O–H groups in total. The second kappa shape index (κ2) is 12.7. The number of carbonyl (C=O) groups is 2. The monoisotopic (exact) mass is 453 g/mol. The highest BCUT2D eigenvalue weighted by atomic mass is 32.2. The number of benzene rings is 1. The summed E-state index contributed by atoms with van der Waals surface area (Å²) < 4.78 is 28.1. The number of rotatable bonds is 10. The van der Waals surface area contributed by atoms with E-state index in [1.165, 1.54) is 6.26 Å². The third-order valence-electron chi connectivity index (χ3n) is 5.27. The maximum atomic E-state index is 12.4. The largest absolute Gasteiger partial charge is 0.466 e. The molecule has 0 unspecified atom stereocenters. The van der Waals surface area contributed by atoms with Crippen LogP contribution in [-0.4, -0.2) is 75.8 Å². The zero-order valence-electron chi connectivity index (χ0n) is 18.6. The summed E-state index contributed by atoms with van der Waals surface area (Å²) in [5.74, 6) is -0.160. The molecular formula is C22H35N3O5S. The quantitative estimate of drug-likeness (QED) is 0.432. The van der Waals surface area contributed by atoms with Crippen LogP contribution in [0.4, 0.5) is 4.79 Å². The minimum Gasteiger partial charge on any atom is -0.466 e. The van der Waals surface area contributed by atoms with E-state index in [9.17, 15) is 18.0 Å². The molecule has 9 heteroatoms. The minimum absolute atomic E-state index is 0.0373. The normalized spacial score (nSPS) is 15.4. The lowest BCUT2D eigenvalue weighted by Gasteiger charge is -2.22. The summed E-state index contributed by atoms with van der Waals surface area (Å²) in [6.07, 6.45) is 5.03. The summed E-state index contributed by atoms with van der Waals surface area (Å²) in [6, 6.07) is 6.97. The van der Waals surface area contributed by atoms with Gasteiger partial charge in [0.15, 0.2) is 9.84 Å². The molecule has 0 saturated carbocycles. The molecule has 1 fully saturated rings. The molecular weight excluding hydrogens is 418 g/mol. The predicted octanol–water partition coefficient (Wildman–Crippen LogP) is 2.43. The van der Waals surface area contributed by atoms with Gasteiger partial charge in [-0.05, 0) is 43.9 Å². The number of amides is 2. The Bertz CT molecular complexity index is 811. The van der Waals surface area contributed by atoms with Gasteiger partial charge in [0.25, 0.3) is 0 Å². The fourth-order valence-electron chi connectivity index (χ4n) is 3.54. The highest BCUT2D eigenvalue weighted by molar-refractivity contribution is 7.90. The zero-order chi connectivity index (χ0) is 22.7. The van der Waals surface area contributed by atoms with E-state index < -0.39 is 9.84 Å². The number of sulfone groups is 1. The Morgan fingerprint density at radius 3 is 2.45 bits per heavy atom. The van der Waals surface area contributed by atoms with Crippen molar-refractivity contribution in [2.45, 2.75) is 50.5 Å². The van der Waals surface area contributed by atoms with Gasteiger partial charge >= 0.3 is 12.0 Å². The van der Waals surface area contributed by atoms with Gasteiger partial charge < -0.3 is 15.0 Å². The van der Waals surface area contributed by atoms with Crippen LogP contribution in [0.25, 0.3) is 0 Å². The molecule has 1 aromatic rings. The zero-order valence-corrected chi connectivity index (χ0v) is 19.5. The van der Waals surface area contributed by atoms with Crippen molar-refractivity contribution in [2.75, 3.05) is 45.6 Å². The Labute approximate surface area is 185 Å². The molecule has 174 valence electrons. The highest BCUT2D eigenvalue weighted by Gasteiger charge is 2.19. The third-order valence-corrected chi connectivity index (χ3v) is 6.40. The standard InChI is InChI=1S/C22H35N3O5S/c1-3-30-21(26)8-5-4-6-13-23-22(27)25-15-7-14-24(16-17-25)18-19-9-11-20(12-10-19)31(2,28)29/h9-12H,3-8,13-18H2,1-2H3,(H,23,27). The van der Waals surface area contributed by atoms with Gasteiger partial charge in [0.05, 0.1) is 11.5 Å². The third kappa shape index (κ3) is 9.26. The number of unbranched alkanes of at least 4 members (excludes halogenated alkanes) is 2. The minimum atomic E-state index is -3.18. The Balaban J connectivity index is 1.67. The number of hydrogen-bond donors (Lipinski definition) is 1. The maximum absolute atomic E-state index is 12.4. The van der Waals surface area contributed by atoms with Gasteiger partial charge in [-0.25, -0.2) is 13.2 Å². The van der Waals surface area contributed by atoms with E-state index in [4.69, 9.17) is 4.74 Å². The SMILES string of the molecule is CCOC(=O)CCCCCNC(=O)N1CCCN(Cc2ccc(S(C)(=O)=O)cc2)CC1. The van der Waals surface area contributed by atoms with Gasteiger partial charge in [-0.1, -0.05) is 18.6 Å². The number of carbonyl (C=O) groups excluding carboxylic acids is 2. The summed E-state index contributed by atoms with van der Waals surface area (Å²) in [5.41, 5.74) is 1.06. The molecule has 1 aliphatic rings. The van der Waals surface area contributed by atoms with Crippen molar-refractivity contribution in [2.24, 2.45) is 0 Å². The van der Waals surface area contributed by atoms with Crippen LogP contribution in [0.15, 0.2) is 29.2 Å². The van der Waals surface area contributed by atoms with E-state index in [1.54, 1.807) is 19.1 Å². The maximum Gasteiger partial charge on any atom is 0.317 e. The van der Waals surface area contributed by atoms with E-state index in [1.807, 2.05) is 17.0 Å². The van der Waals surface area contributed by atoms with Crippen molar-refractivity contribution in [3.63, 3.8) is 0 Å². The predicted molar refractivity (Wildman–Crippen MR) is 120 cm³/mol. The Hall–Kier alpha value is -2.13. The average Bonchev–Trinajstić information content (AvgIpc) is 2.96. The molecule has 2 rings (SSSR count). The topological polar surface area (TPSA) is 96.0 Å².